The van der Waals surface area contributed by atoms with E-state index in [2.05, 4.69) is 26.8 Å². The van der Waals surface area contributed by atoms with Crippen molar-refractivity contribution in [2.75, 3.05) is 18.4 Å². The number of halogens is 1. The third kappa shape index (κ3) is 4.85. The first kappa shape index (κ1) is 14.9. The van der Waals surface area contributed by atoms with Crippen LogP contribution < -0.4 is 10.6 Å². The second-order valence-electron chi connectivity index (χ2n) is 4.14. The van der Waals surface area contributed by atoms with Crippen molar-refractivity contribution in [3.05, 3.63) is 40.7 Å². The minimum atomic E-state index is -0.267. The van der Waals surface area contributed by atoms with Crippen molar-refractivity contribution in [1.29, 1.82) is 0 Å². The number of benzene rings is 1. The molecule has 0 fully saturated rings. The van der Waals surface area contributed by atoms with E-state index in [-0.39, 0.29) is 24.8 Å². The fraction of sp³-hybridized carbons (Fsp3) is 0.214. The second kappa shape index (κ2) is 7.36. The lowest BCUT2D eigenvalue weighted by atomic mass is 10.2. The molecule has 1 heterocycles. The first-order valence-electron chi connectivity index (χ1n) is 6.18. The van der Waals surface area contributed by atoms with Gasteiger partial charge in [-0.15, -0.1) is 16.6 Å². The maximum Gasteiger partial charge on any atom is 0.240 e. The van der Waals surface area contributed by atoms with Crippen LogP contribution in [-0.4, -0.2) is 29.2 Å². The Bertz CT molecular complexity index is 648. The maximum absolute atomic E-state index is 12.8. The molecule has 0 unspecified atom stereocenters. The molecule has 0 aliphatic heterocycles. The highest BCUT2D eigenvalue weighted by Gasteiger charge is 2.07. The Balaban J connectivity index is 1.85. The molecule has 2 N–H and O–H groups in total. The van der Waals surface area contributed by atoms with Gasteiger partial charge in [0, 0.05) is 6.42 Å². The molecule has 0 bridgehead atoms. The van der Waals surface area contributed by atoms with Crippen molar-refractivity contribution in [2.24, 2.45) is 0 Å². The van der Waals surface area contributed by atoms with Gasteiger partial charge in [-0.1, -0.05) is 29.4 Å². The van der Waals surface area contributed by atoms with E-state index in [1.165, 1.54) is 23.5 Å². The van der Waals surface area contributed by atoms with Crippen molar-refractivity contribution in [2.45, 2.75) is 6.42 Å². The summed E-state index contributed by atoms with van der Waals surface area (Å²) < 4.78 is 12.8. The van der Waals surface area contributed by atoms with E-state index in [1.807, 2.05) is 0 Å². The van der Waals surface area contributed by atoms with Crippen LogP contribution in [0.3, 0.4) is 0 Å². The SMILES string of the molecule is C#CCNC(=O)CNc1nnc(Cc2ccc(F)cc2)s1. The standard InChI is InChI=1S/C14H13FN4OS/c1-2-7-16-12(20)9-17-14-19-18-13(21-14)8-10-3-5-11(15)6-4-10/h1,3-6H,7-9H2,(H,16,20)(H,17,19). The lowest BCUT2D eigenvalue weighted by molar-refractivity contribution is -0.119. The van der Waals surface area contributed by atoms with Crippen LogP contribution in [0.25, 0.3) is 0 Å². The Hall–Kier alpha value is -2.46. The summed E-state index contributed by atoms with van der Waals surface area (Å²) in [5, 5.41) is 14.7. The zero-order chi connectivity index (χ0) is 15.1. The number of carbonyl (C=O) groups is 1. The smallest absolute Gasteiger partial charge is 0.240 e. The number of anilines is 1. The Morgan fingerprint density at radius 1 is 1.33 bits per heavy atom. The summed E-state index contributed by atoms with van der Waals surface area (Å²) in [6.07, 6.45) is 5.61. The zero-order valence-corrected chi connectivity index (χ0v) is 11.9. The van der Waals surface area contributed by atoms with Crippen LogP contribution in [0.15, 0.2) is 24.3 Å². The summed E-state index contributed by atoms with van der Waals surface area (Å²) in [5.41, 5.74) is 0.950. The first-order chi connectivity index (χ1) is 10.2. The van der Waals surface area contributed by atoms with Crippen LogP contribution >= 0.6 is 11.3 Å². The molecule has 1 aromatic heterocycles. The molecule has 2 rings (SSSR count). The van der Waals surface area contributed by atoms with E-state index in [0.717, 1.165) is 10.6 Å². The van der Waals surface area contributed by atoms with Crippen molar-refractivity contribution in [1.82, 2.24) is 15.5 Å². The molecular weight excluding hydrogens is 291 g/mol. The lowest BCUT2D eigenvalue weighted by Crippen LogP contribution is -2.29. The molecule has 0 saturated carbocycles. The average molecular weight is 304 g/mol. The van der Waals surface area contributed by atoms with Crippen molar-refractivity contribution in [3.8, 4) is 12.3 Å². The van der Waals surface area contributed by atoms with Crippen LogP contribution in [-0.2, 0) is 11.2 Å². The van der Waals surface area contributed by atoms with E-state index in [4.69, 9.17) is 6.42 Å². The van der Waals surface area contributed by atoms with E-state index < -0.39 is 0 Å². The van der Waals surface area contributed by atoms with Gasteiger partial charge < -0.3 is 10.6 Å². The summed E-state index contributed by atoms with van der Waals surface area (Å²) in [7, 11) is 0. The monoisotopic (exact) mass is 304 g/mol. The van der Waals surface area contributed by atoms with E-state index in [0.29, 0.717) is 11.6 Å². The highest BCUT2D eigenvalue weighted by atomic mass is 32.1. The molecular formula is C14H13FN4OS. The molecule has 0 spiro atoms. The first-order valence-corrected chi connectivity index (χ1v) is 7.00. The zero-order valence-electron chi connectivity index (χ0n) is 11.1. The average Bonchev–Trinajstić information content (AvgIpc) is 2.93. The van der Waals surface area contributed by atoms with E-state index in [9.17, 15) is 9.18 Å². The molecule has 0 aliphatic carbocycles. The highest BCUT2D eigenvalue weighted by Crippen LogP contribution is 2.18. The summed E-state index contributed by atoms with van der Waals surface area (Å²) in [5.74, 6) is 1.85. The Labute approximate surface area is 125 Å². The van der Waals surface area contributed by atoms with Crippen LogP contribution in [0, 0.1) is 18.2 Å². The number of carbonyl (C=O) groups excluding carboxylic acids is 1. The van der Waals surface area contributed by atoms with Crippen molar-refractivity contribution >= 4 is 22.4 Å². The number of hydrogen-bond acceptors (Lipinski definition) is 5. The Morgan fingerprint density at radius 2 is 2.10 bits per heavy atom. The number of nitrogens with zero attached hydrogens (tertiary/aromatic N) is 2. The van der Waals surface area contributed by atoms with Gasteiger partial charge in [-0.3, -0.25) is 4.79 Å². The lowest BCUT2D eigenvalue weighted by Gasteiger charge is -2.01. The van der Waals surface area contributed by atoms with Crippen molar-refractivity contribution in [3.63, 3.8) is 0 Å². The normalized spacial score (nSPS) is 9.90. The Kier molecular flexibility index (Phi) is 5.23. The molecule has 5 nitrogen and oxygen atoms in total. The van der Waals surface area contributed by atoms with Crippen LogP contribution in [0.1, 0.15) is 10.6 Å². The predicted molar refractivity (Wildman–Crippen MR) is 79.4 cm³/mol. The Morgan fingerprint density at radius 3 is 2.81 bits per heavy atom. The molecule has 0 aliphatic rings. The molecule has 108 valence electrons. The molecule has 2 aromatic rings. The third-order valence-corrected chi connectivity index (χ3v) is 3.40. The van der Waals surface area contributed by atoms with Crippen LogP contribution in [0.4, 0.5) is 9.52 Å². The summed E-state index contributed by atoms with van der Waals surface area (Å²) in [4.78, 5) is 11.4. The van der Waals surface area contributed by atoms with Gasteiger partial charge in [-0.25, -0.2) is 4.39 Å². The second-order valence-corrected chi connectivity index (χ2v) is 5.20. The van der Waals surface area contributed by atoms with Gasteiger partial charge in [0.2, 0.25) is 11.0 Å². The van der Waals surface area contributed by atoms with Gasteiger partial charge in [0.25, 0.3) is 0 Å². The molecule has 21 heavy (non-hydrogen) atoms. The number of nitrogens with one attached hydrogen (secondary N) is 2. The molecule has 1 aromatic carbocycles. The number of amides is 1. The van der Waals surface area contributed by atoms with Crippen molar-refractivity contribution < 1.29 is 9.18 Å². The molecule has 1 amide bonds. The van der Waals surface area contributed by atoms with Gasteiger partial charge in [0.15, 0.2) is 0 Å². The fourth-order valence-electron chi connectivity index (χ4n) is 1.54. The van der Waals surface area contributed by atoms with Gasteiger partial charge in [-0.2, -0.15) is 0 Å². The number of terminal acetylenes is 1. The molecule has 0 atom stereocenters. The highest BCUT2D eigenvalue weighted by molar-refractivity contribution is 7.15. The number of hydrogen-bond donors (Lipinski definition) is 2. The van der Waals surface area contributed by atoms with Gasteiger partial charge in [-0.05, 0) is 17.7 Å². The minimum Gasteiger partial charge on any atom is -0.351 e. The molecule has 0 radical (unpaired) electrons. The number of rotatable bonds is 6. The predicted octanol–water partition coefficient (Wildman–Crippen LogP) is 1.43. The van der Waals surface area contributed by atoms with Crippen LogP contribution in [0.2, 0.25) is 0 Å². The molecule has 7 heteroatoms. The summed E-state index contributed by atoms with van der Waals surface area (Å²) >= 11 is 1.35. The van der Waals surface area contributed by atoms with Gasteiger partial charge >= 0.3 is 0 Å². The molecule has 0 saturated heterocycles. The fourth-order valence-corrected chi connectivity index (χ4v) is 2.31. The number of aromatic nitrogens is 2. The van der Waals surface area contributed by atoms with E-state index >= 15 is 0 Å². The maximum atomic E-state index is 12.8. The summed E-state index contributed by atoms with van der Waals surface area (Å²) in [6, 6.07) is 6.23. The van der Waals surface area contributed by atoms with Gasteiger partial charge in [0.05, 0.1) is 13.1 Å². The third-order valence-electron chi connectivity index (χ3n) is 2.52. The minimum absolute atomic E-state index is 0.0901. The quantitative estimate of drug-likeness (QED) is 0.792. The summed E-state index contributed by atoms with van der Waals surface area (Å²) in [6.45, 7) is 0.291. The topological polar surface area (TPSA) is 66.9 Å². The van der Waals surface area contributed by atoms with Crippen LogP contribution in [0.5, 0.6) is 0 Å². The van der Waals surface area contributed by atoms with E-state index in [1.54, 1.807) is 12.1 Å². The largest absolute Gasteiger partial charge is 0.351 e. The van der Waals surface area contributed by atoms with Gasteiger partial charge in [0.1, 0.15) is 10.8 Å².